The van der Waals surface area contributed by atoms with E-state index in [0.717, 1.165) is 16.0 Å². The highest BCUT2D eigenvalue weighted by Crippen LogP contribution is 2.36. The third kappa shape index (κ3) is 5.93. The zero-order valence-corrected chi connectivity index (χ0v) is 19.8. The first kappa shape index (κ1) is 24.2. The fraction of sp³-hybridized carbons (Fsp3) is 0.192. The molecule has 2 N–H and O–H groups in total. The van der Waals surface area contributed by atoms with Crippen molar-refractivity contribution in [2.45, 2.75) is 24.1 Å². The zero-order valence-electron chi connectivity index (χ0n) is 19.0. The molecule has 3 aromatic rings. The van der Waals surface area contributed by atoms with Gasteiger partial charge in [0.1, 0.15) is 18.4 Å². The second-order valence-electron chi connectivity index (χ2n) is 7.83. The summed E-state index contributed by atoms with van der Waals surface area (Å²) in [6.45, 7) is 0.259. The number of alkyl carbamates (subject to hydrolysis) is 1. The smallest absolute Gasteiger partial charge is 0.408 e. The van der Waals surface area contributed by atoms with Crippen LogP contribution in [0.15, 0.2) is 77.7 Å². The van der Waals surface area contributed by atoms with Crippen molar-refractivity contribution < 1.29 is 29.0 Å². The largest absolute Gasteiger partial charge is 0.508 e. The number of aromatic hydroxyl groups is 1. The molecule has 0 aromatic heterocycles. The van der Waals surface area contributed by atoms with Gasteiger partial charge in [-0.15, -0.1) is 11.8 Å². The van der Waals surface area contributed by atoms with E-state index in [1.807, 2.05) is 30.3 Å². The van der Waals surface area contributed by atoms with E-state index in [-0.39, 0.29) is 30.6 Å². The monoisotopic (exact) mass is 492 g/mol. The summed E-state index contributed by atoms with van der Waals surface area (Å²) in [6, 6.07) is 19.9. The highest BCUT2D eigenvalue weighted by atomic mass is 32.2. The number of hydrogen-bond acceptors (Lipinski definition) is 7. The summed E-state index contributed by atoms with van der Waals surface area (Å²) < 4.78 is 10.1. The minimum absolute atomic E-state index is 0.0840. The van der Waals surface area contributed by atoms with E-state index in [2.05, 4.69) is 5.32 Å². The number of fused-ring (bicyclic) bond motifs is 1. The lowest BCUT2D eigenvalue weighted by Crippen LogP contribution is -2.49. The molecule has 1 heterocycles. The van der Waals surface area contributed by atoms with Gasteiger partial charge in [-0.25, -0.2) is 9.59 Å². The van der Waals surface area contributed by atoms with Crippen LogP contribution >= 0.6 is 11.8 Å². The average Bonchev–Trinajstić information content (AvgIpc) is 3.00. The summed E-state index contributed by atoms with van der Waals surface area (Å²) in [5.74, 6) is -0.461. The number of nitrogens with one attached hydrogen (secondary N) is 1. The van der Waals surface area contributed by atoms with Gasteiger partial charge in [-0.05, 0) is 41.5 Å². The molecule has 180 valence electrons. The molecule has 1 aliphatic rings. The normalized spacial score (nSPS) is 15.1. The number of esters is 1. The number of hydrogen-bond donors (Lipinski definition) is 2. The van der Waals surface area contributed by atoms with Crippen molar-refractivity contribution in [2.75, 3.05) is 17.8 Å². The Labute approximate surface area is 206 Å². The molecule has 3 aromatic carbocycles. The number of ether oxygens (including phenoxy) is 2. The zero-order chi connectivity index (χ0) is 24.8. The molecule has 0 saturated heterocycles. The standard InChI is InChI=1S/C26H24N2O6S/c1-33-25(31)19-9-12-23-22(13-19)28(14-17-7-10-20(29)11-8-17)24(30)21(16-35-23)27-26(32)34-15-18-5-3-2-4-6-18/h2-13,21,29H,14-16H2,1H3,(H,27,32)/t21-/m0/s1. The first-order valence-corrected chi connectivity index (χ1v) is 11.8. The highest BCUT2D eigenvalue weighted by molar-refractivity contribution is 7.99. The Morgan fingerprint density at radius 2 is 1.80 bits per heavy atom. The second kappa shape index (κ2) is 11.0. The summed E-state index contributed by atoms with van der Waals surface area (Å²) in [5.41, 5.74) is 2.45. The van der Waals surface area contributed by atoms with Crippen molar-refractivity contribution in [3.8, 4) is 5.75 Å². The molecule has 9 heteroatoms. The summed E-state index contributed by atoms with van der Waals surface area (Å²) >= 11 is 1.40. The first-order chi connectivity index (χ1) is 16.9. The van der Waals surface area contributed by atoms with Crippen molar-refractivity contribution in [2.24, 2.45) is 0 Å². The predicted molar refractivity (Wildman–Crippen MR) is 131 cm³/mol. The Balaban J connectivity index is 1.58. The van der Waals surface area contributed by atoms with E-state index in [4.69, 9.17) is 9.47 Å². The molecule has 0 bridgehead atoms. The van der Waals surface area contributed by atoms with Gasteiger partial charge in [-0.3, -0.25) is 4.79 Å². The maximum Gasteiger partial charge on any atom is 0.408 e. The van der Waals surface area contributed by atoms with Gasteiger partial charge >= 0.3 is 12.1 Å². The molecule has 0 aliphatic carbocycles. The minimum Gasteiger partial charge on any atom is -0.508 e. The van der Waals surface area contributed by atoms with Gasteiger partial charge in [-0.1, -0.05) is 42.5 Å². The number of carbonyl (C=O) groups excluding carboxylic acids is 3. The van der Waals surface area contributed by atoms with Crippen LogP contribution in [0.4, 0.5) is 10.5 Å². The maximum atomic E-state index is 13.6. The van der Waals surface area contributed by atoms with Gasteiger partial charge in [0, 0.05) is 10.6 Å². The quantitative estimate of drug-likeness (QED) is 0.499. The van der Waals surface area contributed by atoms with E-state index in [1.54, 1.807) is 30.3 Å². The molecule has 0 spiro atoms. The predicted octanol–water partition coefficient (Wildman–Crippen LogP) is 4.11. The van der Waals surface area contributed by atoms with Crippen LogP contribution in [0.3, 0.4) is 0 Å². The number of benzene rings is 3. The highest BCUT2D eigenvalue weighted by Gasteiger charge is 2.33. The molecule has 0 saturated carbocycles. The van der Waals surface area contributed by atoms with E-state index in [0.29, 0.717) is 11.3 Å². The summed E-state index contributed by atoms with van der Waals surface area (Å²) in [6.07, 6.45) is -0.696. The summed E-state index contributed by atoms with van der Waals surface area (Å²) in [4.78, 5) is 40.6. The van der Waals surface area contributed by atoms with Crippen molar-refractivity contribution in [3.05, 3.63) is 89.5 Å². The van der Waals surface area contributed by atoms with Gasteiger partial charge < -0.3 is 24.8 Å². The molecule has 8 nitrogen and oxygen atoms in total. The van der Waals surface area contributed by atoms with Gasteiger partial charge in [0.05, 0.1) is 24.9 Å². The number of amides is 2. The number of nitrogens with zero attached hydrogens (tertiary/aromatic N) is 1. The number of carbonyl (C=O) groups is 3. The summed E-state index contributed by atoms with van der Waals surface area (Å²) in [5, 5.41) is 12.3. The Morgan fingerprint density at radius 3 is 2.51 bits per heavy atom. The molecule has 2 amide bonds. The maximum absolute atomic E-state index is 13.6. The van der Waals surface area contributed by atoms with Gasteiger partial charge in [0.25, 0.3) is 5.91 Å². The van der Waals surface area contributed by atoms with Crippen LogP contribution < -0.4 is 10.2 Å². The molecule has 0 radical (unpaired) electrons. The lowest BCUT2D eigenvalue weighted by molar-refractivity contribution is -0.120. The molecule has 4 rings (SSSR count). The van der Waals surface area contributed by atoms with Crippen LogP contribution in [0.1, 0.15) is 21.5 Å². The van der Waals surface area contributed by atoms with Gasteiger partial charge in [0.15, 0.2) is 0 Å². The van der Waals surface area contributed by atoms with Crippen molar-refractivity contribution >= 4 is 35.4 Å². The number of rotatable bonds is 6. The number of thioether (sulfide) groups is 1. The molecule has 1 aliphatic heterocycles. The molecule has 1 atom stereocenters. The molecular weight excluding hydrogens is 468 g/mol. The second-order valence-corrected chi connectivity index (χ2v) is 8.90. The SMILES string of the molecule is COC(=O)c1ccc2c(c1)N(Cc1ccc(O)cc1)C(=O)[C@@H](NC(=O)OCc1ccccc1)CS2. The Bertz CT molecular complexity index is 1220. The van der Waals surface area contributed by atoms with Crippen LogP contribution in [0.25, 0.3) is 0 Å². The average molecular weight is 493 g/mol. The van der Waals surface area contributed by atoms with E-state index < -0.39 is 18.1 Å². The fourth-order valence-corrected chi connectivity index (χ4v) is 4.66. The van der Waals surface area contributed by atoms with Crippen LogP contribution in [0.5, 0.6) is 5.75 Å². The van der Waals surface area contributed by atoms with Crippen molar-refractivity contribution in [1.29, 1.82) is 0 Å². The number of methoxy groups -OCH3 is 1. The third-order valence-corrected chi connectivity index (χ3v) is 6.58. The lowest BCUT2D eigenvalue weighted by atomic mass is 10.1. The van der Waals surface area contributed by atoms with E-state index in [1.165, 1.54) is 35.9 Å². The Hall–Kier alpha value is -3.98. The molecule has 35 heavy (non-hydrogen) atoms. The van der Waals surface area contributed by atoms with Crippen LogP contribution in [-0.4, -0.2) is 42.0 Å². The number of anilines is 1. The van der Waals surface area contributed by atoms with Crippen LogP contribution in [0.2, 0.25) is 0 Å². The summed E-state index contributed by atoms with van der Waals surface area (Å²) in [7, 11) is 1.29. The number of phenolic OH excluding ortho intramolecular Hbond substituents is 1. The van der Waals surface area contributed by atoms with Crippen LogP contribution in [-0.2, 0) is 27.4 Å². The topological polar surface area (TPSA) is 105 Å². The number of phenols is 1. The van der Waals surface area contributed by atoms with Crippen molar-refractivity contribution in [3.63, 3.8) is 0 Å². The lowest BCUT2D eigenvalue weighted by Gasteiger charge is -2.26. The molecular formula is C26H24N2O6S. The fourth-order valence-electron chi connectivity index (χ4n) is 3.60. The first-order valence-electron chi connectivity index (χ1n) is 10.9. The molecule has 0 unspecified atom stereocenters. The minimum atomic E-state index is -0.852. The third-order valence-electron chi connectivity index (χ3n) is 5.42. The van der Waals surface area contributed by atoms with Crippen LogP contribution in [0, 0.1) is 0 Å². The van der Waals surface area contributed by atoms with E-state index >= 15 is 0 Å². The van der Waals surface area contributed by atoms with Crippen molar-refractivity contribution in [1.82, 2.24) is 5.32 Å². The Kier molecular flexibility index (Phi) is 7.57. The molecule has 0 fully saturated rings. The van der Waals surface area contributed by atoms with Gasteiger partial charge in [-0.2, -0.15) is 0 Å². The van der Waals surface area contributed by atoms with E-state index in [9.17, 15) is 19.5 Å². The Morgan fingerprint density at radius 1 is 1.06 bits per heavy atom. The van der Waals surface area contributed by atoms with Gasteiger partial charge in [0.2, 0.25) is 0 Å².